The van der Waals surface area contributed by atoms with Gasteiger partial charge in [-0.3, -0.25) is 0 Å². The van der Waals surface area contributed by atoms with Crippen LogP contribution in [0.5, 0.6) is 0 Å². The number of benzene rings is 1. The van der Waals surface area contributed by atoms with Crippen LogP contribution in [-0.2, 0) is 6.54 Å². The van der Waals surface area contributed by atoms with Crippen LogP contribution >= 0.6 is 0 Å². The SMILES string of the molecule is O=C(O)c1occc1CNc1ccc(F)c(F)c1F. The topological polar surface area (TPSA) is 62.5 Å². The van der Waals surface area contributed by atoms with Crippen LogP contribution in [0.15, 0.2) is 28.9 Å². The number of anilines is 1. The van der Waals surface area contributed by atoms with Crippen molar-refractivity contribution in [2.24, 2.45) is 0 Å². The minimum Gasteiger partial charge on any atom is -0.475 e. The Morgan fingerprint density at radius 1 is 1.21 bits per heavy atom. The predicted octanol–water partition coefficient (Wildman–Crippen LogP) is 3.01. The van der Waals surface area contributed by atoms with Gasteiger partial charge in [-0.05, 0) is 18.2 Å². The Bertz CT molecular complexity index is 625. The van der Waals surface area contributed by atoms with E-state index >= 15 is 0 Å². The second-order valence-corrected chi connectivity index (χ2v) is 3.66. The molecule has 0 saturated heterocycles. The molecule has 0 aliphatic heterocycles. The first-order valence-electron chi connectivity index (χ1n) is 5.17. The third-order valence-electron chi connectivity index (χ3n) is 2.45. The molecular formula is C12H8F3NO3. The van der Waals surface area contributed by atoms with Gasteiger partial charge in [-0.15, -0.1) is 0 Å². The maximum absolute atomic E-state index is 13.3. The van der Waals surface area contributed by atoms with Crippen molar-refractivity contribution in [1.82, 2.24) is 0 Å². The minimum absolute atomic E-state index is 0.0971. The molecule has 4 nitrogen and oxygen atoms in total. The van der Waals surface area contributed by atoms with Crippen LogP contribution in [0, 0.1) is 17.5 Å². The zero-order valence-corrected chi connectivity index (χ0v) is 9.41. The van der Waals surface area contributed by atoms with Gasteiger partial charge in [0.05, 0.1) is 12.0 Å². The van der Waals surface area contributed by atoms with E-state index in [0.717, 1.165) is 12.1 Å². The van der Waals surface area contributed by atoms with Gasteiger partial charge < -0.3 is 14.8 Å². The Labute approximate surface area is 105 Å². The number of hydrogen-bond donors (Lipinski definition) is 2. The lowest BCUT2D eigenvalue weighted by Crippen LogP contribution is -2.07. The van der Waals surface area contributed by atoms with E-state index in [9.17, 15) is 18.0 Å². The average Bonchev–Trinajstić information content (AvgIpc) is 2.84. The predicted molar refractivity (Wildman–Crippen MR) is 59.3 cm³/mol. The summed E-state index contributed by atoms with van der Waals surface area (Å²) in [6.45, 7) is -0.0971. The normalized spacial score (nSPS) is 10.5. The number of carboxylic acid groups (broad SMARTS) is 1. The Hall–Kier alpha value is -2.44. The molecule has 2 aromatic rings. The molecule has 0 unspecified atom stereocenters. The third-order valence-corrected chi connectivity index (χ3v) is 2.45. The molecule has 1 heterocycles. The van der Waals surface area contributed by atoms with Crippen molar-refractivity contribution in [2.45, 2.75) is 6.54 Å². The summed E-state index contributed by atoms with van der Waals surface area (Å²) in [5.74, 6) is -5.81. The van der Waals surface area contributed by atoms with Crippen LogP contribution in [0.25, 0.3) is 0 Å². The molecule has 0 radical (unpaired) electrons. The van der Waals surface area contributed by atoms with Gasteiger partial charge in [0.15, 0.2) is 17.5 Å². The summed E-state index contributed by atoms with van der Waals surface area (Å²) in [6.07, 6.45) is 1.17. The molecule has 0 aliphatic rings. The first-order valence-corrected chi connectivity index (χ1v) is 5.17. The maximum Gasteiger partial charge on any atom is 0.372 e. The van der Waals surface area contributed by atoms with Gasteiger partial charge >= 0.3 is 5.97 Å². The van der Waals surface area contributed by atoms with Gasteiger partial charge in [-0.2, -0.15) is 0 Å². The fourth-order valence-electron chi connectivity index (χ4n) is 1.52. The van der Waals surface area contributed by atoms with Gasteiger partial charge in [0.2, 0.25) is 5.76 Å². The lowest BCUT2D eigenvalue weighted by Gasteiger charge is -2.07. The van der Waals surface area contributed by atoms with Gasteiger partial charge in [-0.1, -0.05) is 0 Å². The van der Waals surface area contributed by atoms with E-state index in [1.54, 1.807) is 0 Å². The Balaban J connectivity index is 2.17. The first-order chi connectivity index (χ1) is 9.00. The molecule has 0 amide bonds. The van der Waals surface area contributed by atoms with E-state index in [1.807, 2.05) is 0 Å². The van der Waals surface area contributed by atoms with E-state index in [0.29, 0.717) is 0 Å². The molecule has 0 spiro atoms. The number of hydrogen-bond acceptors (Lipinski definition) is 3. The summed E-state index contributed by atoms with van der Waals surface area (Å²) in [6, 6.07) is 3.18. The monoisotopic (exact) mass is 271 g/mol. The summed E-state index contributed by atoms with van der Waals surface area (Å²) in [5, 5.41) is 11.3. The summed E-state index contributed by atoms with van der Waals surface area (Å²) in [4.78, 5) is 10.8. The van der Waals surface area contributed by atoms with Crippen LogP contribution in [-0.4, -0.2) is 11.1 Å². The van der Waals surface area contributed by atoms with Crippen LogP contribution in [0.2, 0.25) is 0 Å². The number of nitrogens with one attached hydrogen (secondary N) is 1. The van der Waals surface area contributed by atoms with Crippen LogP contribution < -0.4 is 5.32 Å². The number of aromatic carboxylic acids is 1. The highest BCUT2D eigenvalue weighted by Gasteiger charge is 2.16. The van der Waals surface area contributed by atoms with Crippen molar-refractivity contribution in [3.63, 3.8) is 0 Å². The smallest absolute Gasteiger partial charge is 0.372 e. The van der Waals surface area contributed by atoms with Crippen molar-refractivity contribution in [1.29, 1.82) is 0 Å². The number of halogens is 3. The molecule has 19 heavy (non-hydrogen) atoms. The van der Waals surface area contributed by atoms with Gasteiger partial charge in [0.1, 0.15) is 0 Å². The summed E-state index contributed by atoms with van der Waals surface area (Å²) in [7, 11) is 0. The van der Waals surface area contributed by atoms with E-state index in [1.165, 1.54) is 12.3 Å². The summed E-state index contributed by atoms with van der Waals surface area (Å²) in [5.41, 5.74) is -0.00641. The lowest BCUT2D eigenvalue weighted by molar-refractivity contribution is 0.0661. The molecule has 0 saturated carbocycles. The molecule has 0 fully saturated rings. The van der Waals surface area contributed by atoms with Crippen molar-refractivity contribution in [3.8, 4) is 0 Å². The molecule has 100 valence electrons. The summed E-state index contributed by atoms with van der Waals surface area (Å²) >= 11 is 0. The molecule has 0 bridgehead atoms. The molecule has 2 N–H and O–H groups in total. The maximum atomic E-state index is 13.3. The zero-order chi connectivity index (χ0) is 14.0. The highest BCUT2D eigenvalue weighted by molar-refractivity contribution is 5.86. The van der Waals surface area contributed by atoms with Crippen molar-refractivity contribution < 1.29 is 27.5 Å². The highest BCUT2D eigenvalue weighted by Crippen LogP contribution is 2.21. The molecular weight excluding hydrogens is 263 g/mol. The lowest BCUT2D eigenvalue weighted by atomic mass is 10.2. The van der Waals surface area contributed by atoms with Crippen LogP contribution in [0.3, 0.4) is 0 Å². The number of carbonyl (C=O) groups is 1. The molecule has 0 aliphatic carbocycles. The van der Waals surface area contributed by atoms with E-state index < -0.39 is 23.4 Å². The first kappa shape index (κ1) is 13.0. The standard InChI is InChI=1S/C12H8F3NO3/c13-7-1-2-8(10(15)9(7)14)16-5-6-3-4-19-11(6)12(17)18/h1-4,16H,5H2,(H,17,18). The summed E-state index contributed by atoms with van der Waals surface area (Å²) < 4.78 is 43.7. The quantitative estimate of drug-likeness (QED) is 0.839. The van der Waals surface area contributed by atoms with E-state index in [2.05, 4.69) is 5.32 Å². The number of carboxylic acids is 1. The second kappa shape index (κ2) is 5.05. The van der Waals surface area contributed by atoms with Crippen molar-refractivity contribution >= 4 is 11.7 Å². The van der Waals surface area contributed by atoms with Crippen molar-refractivity contribution in [3.05, 3.63) is 53.2 Å². The molecule has 1 aromatic carbocycles. The molecule has 1 aromatic heterocycles. The molecule has 2 rings (SSSR count). The molecule has 7 heteroatoms. The number of furan rings is 1. The van der Waals surface area contributed by atoms with Gasteiger partial charge in [-0.25, -0.2) is 18.0 Å². The Morgan fingerprint density at radius 3 is 2.63 bits per heavy atom. The Kier molecular flexibility index (Phi) is 3.46. The largest absolute Gasteiger partial charge is 0.475 e. The number of rotatable bonds is 4. The third kappa shape index (κ3) is 2.54. The Morgan fingerprint density at radius 2 is 1.95 bits per heavy atom. The van der Waals surface area contributed by atoms with Gasteiger partial charge in [0.25, 0.3) is 0 Å². The van der Waals surface area contributed by atoms with Crippen LogP contribution in [0.1, 0.15) is 16.1 Å². The van der Waals surface area contributed by atoms with E-state index in [-0.39, 0.29) is 23.6 Å². The van der Waals surface area contributed by atoms with Crippen LogP contribution in [0.4, 0.5) is 18.9 Å². The van der Waals surface area contributed by atoms with Gasteiger partial charge in [0, 0.05) is 12.1 Å². The van der Waals surface area contributed by atoms with Crippen molar-refractivity contribution in [2.75, 3.05) is 5.32 Å². The second-order valence-electron chi connectivity index (χ2n) is 3.66. The fraction of sp³-hybridized carbons (Fsp3) is 0.0833. The molecule has 0 atom stereocenters. The zero-order valence-electron chi connectivity index (χ0n) is 9.41. The average molecular weight is 271 g/mol. The highest BCUT2D eigenvalue weighted by atomic mass is 19.2. The van der Waals surface area contributed by atoms with E-state index in [4.69, 9.17) is 9.52 Å². The fourth-order valence-corrected chi connectivity index (χ4v) is 1.52. The minimum atomic E-state index is -1.59.